The number of hydrogen-bond acceptors (Lipinski definition) is 4. The van der Waals surface area contributed by atoms with E-state index >= 15 is 0 Å². The molecule has 4 heteroatoms. The van der Waals surface area contributed by atoms with Crippen molar-refractivity contribution in [2.24, 2.45) is 5.92 Å². The van der Waals surface area contributed by atoms with Gasteiger partial charge in [-0.15, -0.1) is 0 Å². The summed E-state index contributed by atoms with van der Waals surface area (Å²) < 4.78 is 4.43. The van der Waals surface area contributed by atoms with Crippen molar-refractivity contribution in [2.45, 2.75) is 31.7 Å². The maximum Gasteiger partial charge on any atom is 0.147 e. The van der Waals surface area contributed by atoms with E-state index in [1.165, 1.54) is 42.8 Å². The van der Waals surface area contributed by atoms with Crippen LogP contribution in [-0.4, -0.2) is 17.0 Å². The third-order valence-corrected chi connectivity index (χ3v) is 5.06. The Bertz CT molecular complexity index is 599. The van der Waals surface area contributed by atoms with Crippen molar-refractivity contribution in [3.63, 3.8) is 0 Å². The Morgan fingerprint density at radius 1 is 1.15 bits per heavy atom. The topological polar surface area (TPSA) is 42.1 Å². The van der Waals surface area contributed by atoms with E-state index in [9.17, 15) is 0 Å². The van der Waals surface area contributed by atoms with Crippen molar-refractivity contribution < 1.29 is 0 Å². The van der Waals surface area contributed by atoms with Crippen molar-refractivity contribution in [3.8, 4) is 11.1 Å². The van der Waals surface area contributed by atoms with Gasteiger partial charge in [-0.25, -0.2) is 0 Å². The summed E-state index contributed by atoms with van der Waals surface area (Å²) in [5.74, 6) is 1.57. The smallest absolute Gasteiger partial charge is 0.147 e. The fourth-order valence-electron chi connectivity index (χ4n) is 2.73. The highest BCUT2D eigenvalue weighted by Crippen LogP contribution is 2.45. The summed E-state index contributed by atoms with van der Waals surface area (Å²) >= 11 is 1.57. The monoisotopic (exact) mass is 285 g/mol. The molecule has 1 heterocycles. The van der Waals surface area contributed by atoms with Crippen LogP contribution in [0.5, 0.6) is 0 Å². The minimum atomic E-state index is 0.678. The molecule has 1 aromatic heterocycles. The summed E-state index contributed by atoms with van der Waals surface area (Å²) in [5, 5.41) is 1.28. The van der Waals surface area contributed by atoms with Gasteiger partial charge in [0.05, 0.1) is 5.56 Å². The fraction of sp³-hybridized carbons (Fsp3) is 0.438. The number of rotatable bonds is 5. The molecule has 2 fully saturated rings. The van der Waals surface area contributed by atoms with Gasteiger partial charge in [-0.3, -0.25) is 0 Å². The summed E-state index contributed by atoms with van der Waals surface area (Å²) in [5.41, 5.74) is 8.48. The van der Waals surface area contributed by atoms with Crippen LogP contribution < -0.4 is 10.6 Å². The van der Waals surface area contributed by atoms with Crippen LogP contribution >= 0.6 is 11.5 Å². The Morgan fingerprint density at radius 2 is 1.90 bits per heavy atom. The molecule has 0 radical (unpaired) electrons. The minimum Gasteiger partial charge on any atom is -0.382 e. The van der Waals surface area contributed by atoms with Gasteiger partial charge in [-0.2, -0.15) is 4.37 Å². The van der Waals surface area contributed by atoms with Gasteiger partial charge in [-0.05, 0) is 48.7 Å². The van der Waals surface area contributed by atoms with Gasteiger partial charge in [0.15, 0.2) is 0 Å². The van der Waals surface area contributed by atoms with Crippen molar-refractivity contribution in [1.29, 1.82) is 0 Å². The van der Waals surface area contributed by atoms with Gasteiger partial charge in [0.1, 0.15) is 10.8 Å². The van der Waals surface area contributed by atoms with E-state index in [-0.39, 0.29) is 0 Å². The molecule has 0 amide bonds. The highest BCUT2D eigenvalue weighted by atomic mass is 32.1. The predicted octanol–water partition coefficient (Wildman–Crippen LogP) is 3.77. The molecule has 0 unspecified atom stereocenters. The molecule has 20 heavy (non-hydrogen) atoms. The summed E-state index contributed by atoms with van der Waals surface area (Å²) in [6, 6.07) is 11.2. The van der Waals surface area contributed by atoms with Crippen LogP contribution in [-0.2, 0) is 0 Å². The van der Waals surface area contributed by atoms with Crippen molar-refractivity contribution >= 4 is 22.4 Å². The lowest BCUT2D eigenvalue weighted by Crippen LogP contribution is -2.27. The van der Waals surface area contributed by atoms with Crippen LogP contribution in [0.1, 0.15) is 25.7 Å². The first-order chi connectivity index (χ1) is 9.83. The Hall–Kier alpha value is -1.55. The highest BCUT2D eigenvalue weighted by Gasteiger charge is 2.36. The molecular formula is C16H19N3S. The van der Waals surface area contributed by atoms with Crippen LogP contribution in [0, 0.1) is 5.92 Å². The number of anilines is 2. The summed E-state index contributed by atoms with van der Waals surface area (Å²) in [6.45, 7) is 1.19. The van der Waals surface area contributed by atoms with Crippen molar-refractivity contribution in [1.82, 2.24) is 4.37 Å². The first kappa shape index (κ1) is 12.2. The second-order valence-electron chi connectivity index (χ2n) is 5.94. The highest BCUT2D eigenvalue weighted by molar-refractivity contribution is 7.11. The molecule has 2 aromatic rings. The molecule has 3 nitrogen and oxygen atoms in total. The molecule has 2 aliphatic rings. The van der Waals surface area contributed by atoms with Crippen LogP contribution in [0.4, 0.5) is 10.8 Å². The van der Waals surface area contributed by atoms with Gasteiger partial charge >= 0.3 is 0 Å². The quantitative estimate of drug-likeness (QED) is 0.909. The Balaban J connectivity index is 1.73. The van der Waals surface area contributed by atoms with Crippen LogP contribution in [0.25, 0.3) is 11.1 Å². The average Bonchev–Trinajstić information content (AvgIpc) is 3.36. The number of nitrogens with two attached hydrogens (primary N) is 1. The molecule has 0 aliphatic heterocycles. The molecule has 4 rings (SSSR count). The molecule has 0 atom stereocenters. The molecular weight excluding hydrogens is 266 g/mol. The number of nitrogens with zero attached hydrogens (tertiary/aromatic N) is 2. The normalized spacial score (nSPS) is 18.2. The van der Waals surface area contributed by atoms with Gasteiger partial charge in [0.25, 0.3) is 0 Å². The van der Waals surface area contributed by atoms with Gasteiger partial charge in [0, 0.05) is 12.6 Å². The zero-order valence-electron chi connectivity index (χ0n) is 11.5. The number of benzene rings is 1. The molecule has 104 valence electrons. The number of hydrogen-bond donors (Lipinski definition) is 1. The third-order valence-electron chi connectivity index (χ3n) is 4.16. The number of nitrogen functional groups attached to an aromatic ring is 1. The van der Waals surface area contributed by atoms with Crippen molar-refractivity contribution in [2.75, 3.05) is 17.2 Å². The second-order valence-corrected chi connectivity index (χ2v) is 6.69. The molecule has 2 saturated carbocycles. The lowest BCUT2D eigenvalue weighted by Gasteiger charge is -2.24. The molecule has 2 N–H and O–H groups in total. The first-order valence-electron chi connectivity index (χ1n) is 7.40. The maximum atomic E-state index is 6.15. The van der Waals surface area contributed by atoms with E-state index in [2.05, 4.69) is 33.5 Å². The summed E-state index contributed by atoms with van der Waals surface area (Å²) in [4.78, 5) is 2.58. The van der Waals surface area contributed by atoms with E-state index in [0.717, 1.165) is 17.5 Å². The van der Waals surface area contributed by atoms with Crippen LogP contribution in [0.2, 0.25) is 0 Å². The Labute approximate surface area is 123 Å². The fourth-order valence-corrected chi connectivity index (χ4v) is 3.65. The van der Waals surface area contributed by atoms with Gasteiger partial charge in [0.2, 0.25) is 0 Å². The largest absolute Gasteiger partial charge is 0.382 e. The minimum absolute atomic E-state index is 0.678. The molecule has 1 aromatic carbocycles. The molecule has 2 aliphatic carbocycles. The van der Waals surface area contributed by atoms with E-state index in [1.807, 2.05) is 6.07 Å². The zero-order valence-corrected chi connectivity index (χ0v) is 12.3. The molecule has 0 saturated heterocycles. The standard InChI is InChI=1S/C16H19N3S/c17-15-14(12-4-2-1-3-5-12)16(20-18-15)19(13-8-9-13)10-11-6-7-11/h1-5,11,13H,6-10H2,(H2,17,18). The summed E-state index contributed by atoms with van der Waals surface area (Å²) in [7, 11) is 0. The Morgan fingerprint density at radius 3 is 2.55 bits per heavy atom. The first-order valence-corrected chi connectivity index (χ1v) is 8.17. The van der Waals surface area contributed by atoms with Crippen LogP contribution in [0.3, 0.4) is 0 Å². The SMILES string of the molecule is Nc1nsc(N(CC2CC2)C2CC2)c1-c1ccccc1. The van der Waals surface area contributed by atoms with Gasteiger partial charge in [-0.1, -0.05) is 30.3 Å². The maximum absolute atomic E-state index is 6.15. The van der Waals surface area contributed by atoms with E-state index in [1.54, 1.807) is 11.5 Å². The van der Waals surface area contributed by atoms with Crippen LogP contribution in [0.15, 0.2) is 30.3 Å². The third kappa shape index (κ3) is 2.29. The second kappa shape index (κ2) is 4.77. The molecule has 0 spiro atoms. The zero-order chi connectivity index (χ0) is 13.5. The lowest BCUT2D eigenvalue weighted by molar-refractivity contribution is 0.725. The number of aromatic nitrogens is 1. The van der Waals surface area contributed by atoms with E-state index < -0.39 is 0 Å². The molecule has 0 bridgehead atoms. The predicted molar refractivity (Wildman–Crippen MR) is 85.1 cm³/mol. The average molecular weight is 285 g/mol. The summed E-state index contributed by atoms with van der Waals surface area (Å²) in [6.07, 6.45) is 5.41. The van der Waals surface area contributed by atoms with E-state index in [0.29, 0.717) is 5.82 Å². The van der Waals surface area contributed by atoms with Gasteiger partial charge < -0.3 is 10.6 Å². The Kier molecular flexibility index (Phi) is 2.91. The van der Waals surface area contributed by atoms with Crippen molar-refractivity contribution in [3.05, 3.63) is 30.3 Å². The van der Waals surface area contributed by atoms with E-state index in [4.69, 9.17) is 5.73 Å². The lowest BCUT2D eigenvalue weighted by atomic mass is 10.1.